The van der Waals surface area contributed by atoms with E-state index in [0.29, 0.717) is 22.4 Å². The van der Waals surface area contributed by atoms with Crippen molar-refractivity contribution in [1.29, 1.82) is 0 Å². The molecule has 0 radical (unpaired) electrons. The van der Waals surface area contributed by atoms with Crippen LogP contribution in [0, 0.1) is 27.7 Å². The summed E-state index contributed by atoms with van der Waals surface area (Å²) in [5.41, 5.74) is 4.00. The van der Waals surface area contributed by atoms with E-state index in [9.17, 15) is 14.4 Å². The molecule has 1 heterocycles. The van der Waals surface area contributed by atoms with Crippen LogP contribution in [0.2, 0.25) is 0 Å². The first-order valence-corrected chi connectivity index (χ1v) is 8.27. The molecule has 1 aromatic heterocycles. The van der Waals surface area contributed by atoms with Crippen molar-refractivity contribution in [2.75, 3.05) is 7.11 Å². The van der Waals surface area contributed by atoms with Crippen LogP contribution in [0.5, 0.6) is 0 Å². The molecule has 0 fully saturated rings. The first kappa shape index (κ1) is 19.4. The number of methoxy groups -OCH3 is 1. The molecular formula is C20H23NO5. The van der Waals surface area contributed by atoms with Crippen LogP contribution in [0.1, 0.15) is 60.5 Å². The zero-order chi connectivity index (χ0) is 19.6. The number of ketones is 1. The van der Waals surface area contributed by atoms with Gasteiger partial charge in [-0.15, -0.1) is 0 Å². The van der Waals surface area contributed by atoms with E-state index in [1.165, 1.54) is 14.0 Å². The van der Waals surface area contributed by atoms with Gasteiger partial charge in [-0.05, 0) is 63.4 Å². The number of nitrogens with one attached hydrogen (secondary N) is 1. The van der Waals surface area contributed by atoms with Gasteiger partial charge in [0.1, 0.15) is 0 Å². The number of hydrogen-bond acceptors (Lipinski definition) is 5. The number of rotatable bonds is 5. The van der Waals surface area contributed by atoms with Gasteiger partial charge in [0.2, 0.25) is 5.78 Å². The third-order valence-electron chi connectivity index (χ3n) is 4.47. The highest BCUT2D eigenvalue weighted by molar-refractivity contribution is 6.04. The van der Waals surface area contributed by atoms with Crippen molar-refractivity contribution in [3.8, 4) is 0 Å². The van der Waals surface area contributed by atoms with E-state index >= 15 is 0 Å². The third-order valence-corrected chi connectivity index (χ3v) is 4.47. The Morgan fingerprint density at radius 2 is 1.65 bits per heavy atom. The lowest BCUT2D eigenvalue weighted by atomic mass is 10.1. The van der Waals surface area contributed by atoms with E-state index in [0.717, 1.165) is 11.1 Å². The fourth-order valence-corrected chi connectivity index (χ4v) is 2.76. The molecule has 1 N–H and O–H groups in total. The lowest BCUT2D eigenvalue weighted by Gasteiger charge is -2.13. The number of aromatic nitrogens is 1. The molecule has 0 spiro atoms. The van der Waals surface area contributed by atoms with E-state index in [-0.39, 0.29) is 5.69 Å². The van der Waals surface area contributed by atoms with Crippen molar-refractivity contribution >= 4 is 17.7 Å². The third kappa shape index (κ3) is 3.69. The zero-order valence-corrected chi connectivity index (χ0v) is 15.9. The van der Waals surface area contributed by atoms with Gasteiger partial charge < -0.3 is 14.5 Å². The lowest BCUT2D eigenvalue weighted by Crippen LogP contribution is -2.25. The Labute approximate surface area is 152 Å². The van der Waals surface area contributed by atoms with Crippen molar-refractivity contribution in [1.82, 2.24) is 4.98 Å². The minimum absolute atomic E-state index is 0.239. The molecule has 0 unspecified atom stereocenters. The second-order valence-electron chi connectivity index (χ2n) is 6.33. The average molecular weight is 357 g/mol. The molecule has 0 amide bonds. The molecule has 1 aromatic carbocycles. The van der Waals surface area contributed by atoms with Crippen LogP contribution < -0.4 is 0 Å². The van der Waals surface area contributed by atoms with Crippen molar-refractivity contribution < 1.29 is 23.9 Å². The van der Waals surface area contributed by atoms with Crippen LogP contribution in [-0.4, -0.2) is 35.9 Å². The second-order valence-corrected chi connectivity index (χ2v) is 6.33. The number of benzene rings is 1. The van der Waals surface area contributed by atoms with Crippen LogP contribution in [0.3, 0.4) is 0 Å². The molecule has 0 saturated carbocycles. The average Bonchev–Trinajstić information content (AvgIpc) is 2.90. The van der Waals surface area contributed by atoms with Crippen LogP contribution in [0.4, 0.5) is 0 Å². The first-order valence-electron chi connectivity index (χ1n) is 8.27. The lowest BCUT2D eigenvalue weighted by molar-refractivity contribution is 0.0316. The van der Waals surface area contributed by atoms with Gasteiger partial charge in [-0.2, -0.15) is 0 Å². The first-order chi connectivity index (χ1) is 12.2. The summed E-state index contributed by atoms with van der Waals surface area (Å²) in [5.74, 6) is -1.49. The minimum Gasteiger partial charge on any atom is -0.465 e. The Hall–Kier alpha value is -2.89. The Balaban J connectivity index is 2.21. The predicted molar refractivity (Wildman–Crippen MR) is 96.7 cm³/mol. The number of aryl methyl sites for hydroxylation is 3. The second kappa shape index (κ2) is 7.56. The van der Waals surface area contributed by atoms with Crippen LogP contribution in [-0.2, 0) is 9.47 Å². The van der Waals surface area contributed by atoms with Gasteiger partial charge in [0.15, 0.2) is 6.10 Å². The van der Waals surface area contributed by atoms with Gasteiger partial charge in [0.25, 0.3) is 0 Å². The highest BCUT2D eigenvalue weighted by Crippen LogP contribution is 2.21. The number of aromatic amines is 1. The van der Waals surface area contributed by atoms with Gasteiger partial charge in [-0.25, -0.2) is 9.59 Å². The Morgan fingerprint density at radius 1 is 1.00 bits per heavy atom. The van der Waals surface area contributed by atoms with Gasteiger partial charge in [0.05, 0.1) is 23.9 Å². The standard InChI is InChI=1S/C20H23NO5/c1-10-7-8-15(9-11(10)2)19(23)26-14(5)18(22)17-12(3)16(13(4)21-17)20(24)25-6/h7-9,14,21H,1-6H3/t14-/m0/s1. The van der Waals surface area contributed by atoms with E-state index in [1.807, 2.05) is 19.9 Å². The number of ether oxygens (including phenoxy) is 2. The summed E-state index contributed by atoms with van der Waals surface area (Å²) in [6.07, 6.45) is -0.994. The molecule has 0 bridgehead atoms. The topological polar surface area (TPSA) is 85.5 Å². The van der Waals surface area contributed by atoms with E-state index in [4.69, 9.17) is 9.47 Å². The summed E-state index contributed by atoms with van der Waals surface area (Å²) in [5, 5.41) is 0. The predicted octanol–water partition coefficient (Wildman–Crippen LogP) is 3.46. The largest absolute Gasteiger partial charge is 0.465 e. The molecule has 0 aliphatic heterocycles. The number of Topliss-reactive ketones (excluding diaryl/α,β-unsaturated/α-hetero) is 1. The summed E-state index contributed by atoms with van der Waals surface area (Å²) in [6, 6.07) is 5.23. The summed E-state index contributed by atoms with van der Waals surface area (Å²) in [6.45, 7) is 8.70. The molecule has 6 nitrogen and oxygen atoms in total. The molecular weight excluding hydrogens is 334 g/mol. The molecule has 0 saturated heterocycles. The smallest absolute Gasteiger partial charge is 0.339 e. The maximum absolute atomic E-state index is 12.7. The van der Waals surface area contributed by atoms with Gasteiger partial charge >= 0.3 is 11.9 Å². The number of H-pyrrole nitrogens is 1. The molecule has 2 aromatic rings. The van der Waals surface area contributed by atoms with E-state index in [1.54, 1.807) is 26.0 Å². The Bertz CT molecular complexity index is 879. The molecule has 0 aliphatic rings. The van der Waals surface area contributed by atoms with Gasteiger partial charge in [-0.1, -0.05) is 6.07 Å². The number of hydrogen-bond donors (Lipinski definition) is 1. The van der Waals surface area contributed by atoms with Crippen LogP contribution in [0.15, 0.2) is 18.2 Å². The van der Waals surface area contributed by atoms with E-state index in [2.05, 4.69) is 4.98 Å². The van der Waals surface area contributed by atoms with Gasteiger partial charge in [-0.3, -0.25) is 4.79 Å². The quantitative estimate of drug-likeness (QED) is 0.654. The molecule has 2 rings (SSSR count). The Morgan fingerprint density at radius 3 is 2.23 bits per heavy atom. The van der Waals surface area contributed by atoms with Gasteiger partial charge in [0, 0.05) is 5.69 Å². The number of carbonyl (C=O) groups is 3. The van der Waals surface area contributed by atoms with Crippen molar-refractivity contribution in [3.05, 3.63) is 57.4 Å². The summed E-state index contributed by atoms with van der Waals surface area (Å²) < 4.78 is 10.1. The summed E-state index contributed by atoms with van der Waals surface area (Å²) >= 11 is 0. The Kier molecular flexibility index (Phi) is 5.65. The maximum Gasteiger partial charge on any atom is 0.339 e. The van der Waals surface area contributed by atoms with Crippen LogP contribution in [0.25, 0.3) is 0 Å². The fraction of sp³-hybridized carbons (Fsp3) is 0.350. The SMILES string of the molecule is COC(=O)c1c(C)[nH]c(C(=O)[C@H](C)OC(=O)c2ccc(C)c(C)c2)c1C. The fourth-order valence-electron chi connectivity index (χ4n) is 2.76. The molecule has 138 valence electrons. The highest BCUT2D eigenvalue weighted by Gasteiger charge is 2.27. The van der Waals surface area contributed by atoms with E-state index < -0.39 is 23.8 Å². The molecule has 1 atom stereocenters. The van der Waals surface area contributed by atoms with Crippen molar-refractivity contribution in [2.45, 2.75) is 40.7 Å². The van der Waals surface area contributed by atoms with Crippen molar-refractivity contribution in [3.63, 3.8) is 0 Å². The van der Waals surface area contributed by atoms with Crippen molar-refractivity contribution in [2.24, 2.45) is 0 Å². The monoisotopic (exact) mass is 357 g/mol. The zero-order valence-electron chi connectivity index (χ0n) is 15.9. The maximum atomic E-state index is 12.7. The molecule has 26 heavy (non-hydrogen) atoms. The summed E-state index contributed by atoms with van der Waals surface area (Å²) in [7, 11) is 1.28. The highest BCUT2D eigenvalue weighted by atomic mass is 16.5. The molecule has 6 heteroatoms. The normalized spacial score (nSPS) is 11.8. The number of esters is 2. The summed E-state index contributed by atoms with van der Waals surface area (Å²) in [4.78, 5) is 39.7. The minimum atomic E-state index is -0.994. The molecule has 0 aliphatic carbocycles. The van der Waals surface area contributed by atoms with Crippen LogP contribution >= 0.6 is 0 Å². The number of carbonyl (C=O) groups excluding carboxylic acids is 3.